The molecule has 0 heterocycles. The van der Waals surface area contributed by atoms with Gasteiger partial charge in [-0.2, -0.15) is 8.42 Å². The molecule has 0 bridgehead atoms. The van der Waals surface area contributed by atoms with Crippen LogP contribution in [0.2, 0.25) is 0 Å². The molecule has 0 aliphatic carbocycles. The number of benzene rings is 2. The van der Waals surface area contributed by atoms with Crippen LogP contribution in [0.3, 0.4) is 0 Å². The third-order valence-corrected chi connectivity index (χ3v) is 4.03. The fourth-order valence-corrected chi connectivity index (χ4v) is 2.49. The number of carboxylic acid groups (broad SMARTS) is 1. The molecule has 0 saturated carbocycles. The number of unbranched alkanes of at least 4 members (excludes halogenated alkanes) is 1. The van der Waals surface area contributed by atoms with Gasteiger partial charge in [0, 0.05) is 17.4 Å². The van der Waals surface area contributed by atoms with Gasteiger partial charge in [0.25, 0.3) is 10.1 Å². The van der Waals surface area contributed by atoms with Gasteiger partial charge in [0.15, 0.2) is 0 Å². The molecule has 0 amide bonds. The average molecular weight is 397 g/mol. The Balaban J connectivity index is 0.000000309. The van der Waals surface area contributed by atoms with Gasteiger partial charge in [-0.15, -0.1) is 0 Å². The molecule has 0 fully saturated rings. The molecule has 0 aromatic heterocycles. The molecule has 0 unspecified atom stereocenters. The van der Waals surface area contributed by atoms with Crippen molar-refractivity contribution in [2.75, 3.05) is 29.6 Å². The number of nitrogens with two attached hydrogens (primary N) is 3. The van der Waals surface area contributed by atoms with Crippen molar-refractivity contribution in [1.29, 1.82) is 0 Å². The summed E-state index contributed by atoms with van der Waals surface area (Å²) in [4.78, 5) is 10.3. The zero-order chi connectivity index (χ0) is 20.4. The van der Waals surface area contributed by atoms with Crippen molar-refractivity contribution in [3.63, 3.8) is 0 Å². The molecule has 148 valence electrons. The Bertz CT molecular complexity index is 871. The maximum atomic E-state index is 10.4. The van der Waals surface area contributed by atoms with E-state index in [1.54, 1.807) is 30.3 Å². The number of carboxylic acids is 1. The average Bonchev–Trinajstić information content (AvgIpc) is 2.57. The van der Waals surface area contributed by atoms with E-state index in [9.17, 15) is 13.2 Å². The van der Waals surface area contributed by atoms with Gasteiger partial charge < -0.3 is 27.0 Å². The Labute approximate surface area is 157 Å². The molecule has 9 nitrogen and oxygen atoms in total. The lowest BCUT2D eigenvalue weighted by Gasteiger charge is -2.09. The first-order valence-corrected chi connectivity index (χ1v) is 9.51. The molecule has 27 heavy (non-hydrogen) atoms. The first kappa shape index (κ1) is 22.1. The van der Waals surface area contributed by atoms with Crippen LogP contribution in [0.25, 0.3) is 0 Å². The molecule has 0 aliphatic heterocycles. The number of aromatic carboxylic acids is 1. The largest absolute Gasteiger partial charge is 0.491 e. The number of rotatable bonds is 7. The number of carbonyl (C=O) groups is 1. The van der Waals surface area contributed by atoms with Crippen LogP contribution in [-0.4, -0.2) is 36.4 Å². The highest BCUT2D eigenvalue weighted by molar-refractivity contribution is 7.85. The summed E-state index contributed by atoms with van der Waals surface area (Å²) >= 11 is 0. The lowest BCUT2D eigenvalue weighted by Crippen LogP contribution is -2.06. The fraction of sp³-hybridized carbons (Fsp3) is 0.235. The molecule has 8 N–H and O–H groups in total. The minimum atomic E-state index is -3.88. The van der Waals surface area contributed by atoms with E-state index in [2.05, 4.69) is 0 Å². The first-order chi connectivity index (χ1) is 12.6. The van der Waals surface area contributed by atoms with E-state index in [4.69, 9.17) is 31.6 Å². The molecule has 0 saturated heterocycles. The van der Waals surface area contributed by atoms with Crippen molar-refractivity contribution in [2.24, 2.45) is 0 Å². The van der Waals surface area contributed by atoms with E-state index in [0.717, 1.165) is 0 Å². The Morgan fingerprint density at radius 2 is 1.67 bits per heavy atom. The van der Waals surface area contributed by atoms with E-state index in [-0.39, 0.29) is 11.3 Å². The summed E-state index contributed by atoms with van der Waals surface area (Å²) in [7, 11) is -3.88. The monoisotopic (exact) mass is 397 g/mol. The third kappa shape index (κ3) is 9.33. The van der Waals surface area contributed by atoms with Crippen molar-refractivity contribution in [1.82, 2.24) is 0 Å². The number of hydrogen-bond acceptors (Lipinski definition) is 7. The lowest BCUT2D eigenvalue weighted by atomic mass is 10.2. The molecular formula is C17H23N3O6S. The molecule has 10 heteroatoms. The minimum Gasteiger partial charge on any atom is -0.491 e. The van der Waals surface area contributed by atoms with Gasteiger partial charge in [-0.3, -0.25) is 4.55 Å². The van der Waals surface area contributed by atoms with Crippen LogP contribution in [0, 0.1) is 0 Å². The summed E-state index contributed by atoms with van der Waals surface area (Å²) in [6.07, 6.45) is 0.842. The normalized spacial score (nSPS) is 10.6. The van der Waals surface area contributed by atoms with Gasteiger partial charge in [-0.1, -0.05) is 6.07 Å². The predicted molar refractivity (Wildman–Crippen MR) is 104 cm³/mol. The van der Waals surface area contributed by atoms with Gasteiger partial charge in [0.05, 0.1) is 23.6 Å². The van der Waals surface area contributed by atoms with Gasteiger partial charge in [0.2, 0.25) is 0 Å². The van der Waals surface area contributed by atoms with Crippen molar-refractivity contribution in [3.05, 3.63) is 48.0 Å². The Morgan fingerprint density at radius 3 is 2.22 bits per heavy atom. The highest BCUT2D eigenvalue weighted by atomic mass is 32.2. The van der Waals surface area contributed by atoms with Crippen LogP contribution >= 0.6 is 0 Å². The van der Waals surface area contributed by atoms with Crippen LogP contribution < -0.4 is 21.9 Å². The molecular weight excluding hydrogens is 374 g/mol. The van der Waals surface area contributed by atoms with Crippen LogP contribution in [0.4, 0.5) is 17.1 Å². The quantitative estimate of drug-likeness (QED) is 0.265. The van der Waals surface area contributed by atoms with Crippen LogP contribution in [0.15, 0.2) is 42.5 Å². The van der Waals surface area contributed by atoms with Gasteiger partial charge in [0.1, 0.15) is 5.75 Å². The van der Waals surface area contributed by atoms with Crippen LogP contribution in [0.5, 0.6) is 5.75 Å². The second kappa shape index (κ2) is 10.2. The highest BCUT2D eigenvalue weighted by Gasteiger charge is 2.04. The minimum absolute atomic E-state index is 0.222. The zero-order valence-electron chi connectivity index (χ0n) is 14.5. The topological polar surface area (TPSA) is 179 Å². The summed E-state index contributed by atoms with van der Waals surface area (Å²) in [5, 5.41) is 8.45. The van der Waals surface area contributed by atoms with E-state index in [1.165, 1.54) is 12.1 Å². The molecule has 0 atom stereocenters. The third-order valence-electron chi connectivity index (χ3n) is 3.23. The second-order valence-electron chi connectivity index (χ2n) is 5.57. The number of hydrogen-bond donors (Lipinski definition) is 5. The van der Waals surface area contributed by atoms with Gasteiger partial charge in [-0.05, 0) is 43.2 Å². The smallest absolute Gasteiger partial charge is 0.335 e. The second-order valence-corrected chi connectivity index (χ2v) is 7.14. The highest BCUT2D eigenvalue weighted by Crippen LogP contribution is 2.23. The summed E-state index contributed by atoms with van der Waals surface area (Å²) in [6, 6.07) is 11.1. The zero-order valence-corrected chi connectivity index (χ0v) is 15.4. The van der Waals surface area contributed by atoms with E-state index < -0.39 is 16.1 Å². The Morgan fingerprint density at radius 1 is 1.00 bits per heavy atom. The molecule has 0 aliphatic rings. The van der Waals surface area contributed by atoms with Gasteiger partial charge in [-0.25, -0.2) is 4.79 Å². The molecule has 0 spiro atoms. The lowest BCUT2D eigenvalue weighted by molar-refractivity contribution is 0.0697. The summed E-state index contributed by atoms with van der Waals surface area (Å²) in [5.41, 5.74) is 18.3. The molecule has 2 aromatic rings. The van der Waals surface area contributed by atoms with Crippen molar-refractivity contribution in [2.45, 2.75) is 12.8 Å². The van der Waals surface area contributed by atoms with Crippen LogP contribution in [0.1, 0.15) is 23.2 Å². The van der Waals surface area contributed by atoms with Crippen molar-refractivity contribution < 1.29 is 27.6 Å². The fourth-order valence-electron chi connectivity index (χ4n) is 1.92. The molecule has 2 aromatic carbocycles. The van der Waals surface area contributed by atoms with Crippen molar-refractivity contribution >= 4 is 33.1 Å². The molecule has 2 rings (SSSR count). The number of anilines is 3. The Kier molecular flexibility index (Phi) is 8.36. The van der Waals surface area contributed by atoms with Gasteiger partial charge >= 0.3 is 5.97 Å². The SMILES string of the molecule is Nc1ccc(N)c(OCCCCS(=O)(=O)O)c1.Nc1cccc(C(=O)O)c1. The van der Waals surface area contributed by atoms with Crippen LogP contribution in [-0.2, 0) is 10.1 Å². The molecule has 0 radical (unpaired) electrons. The van der Waals surface area contributed by atoms with E-state index >= 15 is 0 Å². The maximum Gasteiger partial charge on any atom is 0.335 e. The summed E-state index contributed by atoms with van der Waals surface area (Å²) in [5.74, 6) is -0.730. The standard InChI is InChI=1S/C10H16N2O4S.C7H7NO2/c11-8-3-4-9(12)10(7-8)16-5-1-2-6-17(13,14)15;8-6-3-1-2-5(4-6)7(9)10/h3-4,7H,1-2,5-6,11-12H2,(H,13,14,15);1-4H,8H2,(H,9,10). The number of nitrogen functional groups attached to an aromatic ring is 3. The summed E-state index contributed by atoms with van der Waals surface area (Å²) in [6.45, 7) is 0.323. The van der Waals surface area contributed by atoms with Crippen molar-refractivity contribution in [3.8, 4) is 5.75 Å². The predicted octanol–water partition coefficient (Wildman–Crippen LogP) is 1.86. The maximum absolute atomic E-state index is 10.4. The Hall–Kier alpha value is -2.98. The first-order valence-electron chi connectivity index (χ1n) is 7.90. The summed E-state index contributed by atoms with van der Waals surface area (Å²) < 4.78 is 34.7. The van der Waals surface area contributed by atoms with E-state index in [0.29, 0.717) is 42.3 Å². The number of ether oxygens (including phenoxy) is 1. The van der Waals surface area contributed by atoms with E-state index in [1.807, 2.05) is 0 Å².